The summed E-state index contributed by atoms with van der Waals surface area (Å²) in [6.07, 6.45) is 0. The summed E-state index contributed by atoms with van der Waals surface area (Å²) in [4.78, 5) is 20.5. The zero-order valence-corrected chi connectivity index (χ0v) is 15.9. The minimum Gasteiger partial charge on any atom is -0.341 e. The lowest BCUT2D eigenvalue weighted by atomic mass is 9.99. The van der Waals surface area contributed by atoms with Crippen LogP contribution in [0.3, 0.4) is 0 Å². The largest absolute Gasteiger partial charge is 0.341 e. The number of amides is 1. The van der Waals surface area contributed by atoms with Crippen LogP contribution in [0.4, 0.5) is 11.4 Å². The smallest absolute Gasteiger partial charge is 0.261 e. The molecule has 0 aliphatic carbocycles. The highest BCUT2D eigenvalue weighted by Crippen LogP contribution is 2.38. The molecule has 144 valence electrons. The van der Waals surface area contributed by atoms with Crippen molar-refractivity contribution < 1.29 is 13.2 Å². The maximum atomic E-state index is 12.6. The fraction of sp³-hybridized carbons (Fsp3) is 0.0476. The summed E-state index contributed by atoms with van der Waals surface area (Å²) in [6.45, 7) is 0. The van der Waals surface area contributed by atoms with E-state index in [9.17, 15) is 13.2 Å². The van der Waals surface area contributed by atoms with Gasteiger partial charge in [-0.05, 0) is 48.0 Å². The van der Waals surface area contributed by atoms with E-state index in [0.717, 1.165) is 11.0 Å². The molecule has 1 unspecified atom stereocenters. The molecule has 1 aliphatic rings. The van der Waals surface area contributed by atoms with Gasteiger partial charge in [0.2, 0.25) is 5.91 Å². The lowest BCUT2D eigenvalue weighted by Crippen LogP contribution is -2.15. The van der Waals surface area contributed by atoms with Crippen molar-refractivity contribution in [1.29, 1.82) is 0 Å². The Kier molecular flexibility index (Phi) is 3.88. The van der Waals surface area contributed by atoms with E-state index < -0.39 is 15.9 Å². The predicted octanol–water partition coefficient (Wildman–Crippen LogP) is 3.45. The molecular weight excluding hydrogens is 388 g/mol. The minimum absolute atomic E-state index is 0.170. The molecule has 0 bridgehead atoms. The maximum absolute atomic E-state index is 12.6. The number of carbonyl (C=O) groups is 1. The summed E-state index contributed by atoms with van der Waals surface area (Å²) >= 11 is 0. The molecule has 5 rings (SSSR count). The Balaban J connectivity index is 1.53. The van der Waals surface area contributed by atoms with Gasteiger partial charge < -0.3 is 10.3 Å². The van der Waals surface area contributed by atoms with Gasteiger partial charge in [-0.1, -0.05) is 30.3 Å². The van der Waals surface area contributed by atoms with Crippen LogP contribution >= 0.6 is 0 Å². The summed E-state index contributed by atoms with van der Waals surface area (Å²) in [5.41, 5.74) is 3.30. The fourth-order valence-electron chi connectivity index (χ4n) is 3.52. The third-order valence-corrected chi connectivity index (χ3v) is 6.27. The van der Waals surface area contributed by atoms with E-state index in [1.807, 2.05) is 24.3 Å². The summed E-state index contributed by atoms with van der Waals surface area (Å²) < 4.78 is 27.8. The van der Waals surface area contributed by atoms with E-state index in [4.69, 9.17) is 0 Å². The normalized spacial score (nSPS) is 15.9. The van der Waals surface area contributed by atoms with Gasteiger partial charge in [-0.15, -0.1) is 0 Å². The van der Waals surface area contributed by atoms with Crippen molar-refractivity contribution in [3.05, 3.63) is 84.2 Å². The molecule has 1 aromatic heterocycles. The molecule has 1 amide bonds. The number of nitrogens with one attached hydrogen (secondary N) is 3. The number of para-hydroxylation sites is 2. The van der Waals surface area contributed by atoms with Gasteiger partial charge in [-0.2, -0.15) is 0 Å². The molecule has 4 aromatic rings. The molecule has 0 saturated heterocycles. The number of sulfonamides is 1. The predicted molar refractivity (Wildman–Crippen MR) is 110 cm³/mol. The van der Waals surface area contributed by atoms with E-state index in [-0.39, 0.29) is 10.8 Å². The summed E-state index contributed by atoms with van der Waals surface area (Å²) in [5, 5.41) is 2.84. The Morgan fingerprint density at radius 3 is 2.48 bits per heavy atom. The molecule has 1 aliphatic heterocycles. The quantitative estimate of drug-likeness (QED) is 0.485. The summed E-state index contributed by atoms with van der Waals surface area (Å²) in [7, 11) is -3.73. The van der Waals surface area contributed by atoms with Crippen LogP contribution in [0.5, 0.6) is 0 Å². The first-order valence-corrected chi connectivity index (χ1v) is 10.5. The first-order chi connectivity index (χ1) is 14.0. The topological polar surface area (TPSA) is 104 Å². The highest BCUT2D eigenvalue weighted by molar-refractivity contribution is 7.92. The molecular formula is C21H16N4O3S. The summed E-state index contributed by atoms with van der Waals surface area (Å²) in [6, 6.07) is 20.7. The van der Waals surface area contributed by atoms with Crippen LogP contribution in [0.1, 0.15) is 17.3 Å². The average Bonchev–Trinajstić information content (AvgIpc) is 3.27. The summed E-state index contributed by atoms with van der Waals surface area (Å²) in [5.74, 6) is -0.328. The lowest BCUT2D eigenvalue weighted by Gasteiger charge is -2.11. The lowest BCUT2D eigenvalue weighted by molar-refractivity contribution is -0.116. The standard InChI is InChI=1S/C21H16N4O3S/c26-21-19(20-22-17-8-4-5-9-18(17)23-20)15-12-13(10-11-16(15)24-21)25-29(27,28)14-6-2-1-3-7-14/h1-12,19,25H,(H,22,23)(H,24,26). The second-order valence-corrected chi connectivity index (χ2v) is 8.46. The monoisotopic (exact) mass is 404 g/mol. The number of fused-ring (bicyclic) bond motifs is 2. The SMILES string of the molecule is O=C1Nc2ccc(NS(=O)(=O)c3ccccc3)cc2C1c1nc2ccccc2[nH]1. The minimum atomic E-state index is -3.73. The highest BCUT2D eigenvalue weighted by atomic mass is 32.2. The Labute approximate surface area is 166 Å². The molecule has 7 nitrogen and oxygen atoms in total. The van der Waals surface area contributed by atoms with Gasteiger partial charge in [-0.25, -0.2) is 13.4 Å². The van der Waals surface area contributed by atoms with Crippen molar-refractivity contribution in [2.24, 2.45) is 0 Å². The Bertz CT molecular complexity index is 1310. The van der Waals surface area contributed by atoms with E-state index in [1.165, 1.54) is 12.1 Å². The Morgan fingerprint density at radius 1 is 0.931 bits per heavy atom. The van der Waals surface area contributed by atoms with Crippen molar-refractivity contribution >= 4 is 38.3 Å². The van der Waals surface area contributed by atoms with Gasteiger partial charge in [-0.3, -0.25) is 9.52 Å². The highest BCUT2D eigenvalue weighted by Gasteiger charge is 2.34. The second-order valence-electron chi connectivity index (χ2n) is 6.78. The number of imidazole rings is 1. The molecule has 1 atom stereocenters. The first-order valence-electron chi connectivity index (χ1n) is 8.99. The number of benzene rings is 3. The van der Waals surface area contributed by atoms with Gasteiger partial charge in [0.05, 0.1) is 15.9 Å². The van der Waals surface area contributed by atoms with Crippen LogP contribution in [0.15, 0.2) is 77.7 Å². The van der Waals surface area contributed by atoms with E-state index in [1.54, 1.807) is 36.4 Å². The number of aromatic nitrogens is 2. The molecule has 3 N–H and O–H groups in total. The van der Waals surface area contributed by atoms with Crippen LogP contribution in [0.25, 0.3) is 11.0 Å². The van der Waals surface area contributed by atoms with Gasteiger partial charge in [0.15, 0.2) is 0 Å². The molecule has 8 heteroatoms. The number of rotatable bonds is 4. The van der Waals surface area contributed by atoms with Crippen LogP contribution in [0.2, 0.25) is 0 Å². The number of nitrogens with zero attached hydrogens (tertiary/aromatic N) is 1. The number of carbonyl (C=O) groups excluding carboxylic acids is 1. The molecule has 0 spiro atoms. The Hall–Kier alpha value is -3.65. The van der Waals surface area contributed by atoms with Crippen molar-refractivity contribution in [1.82, 2.24) is 9.97 Å². The van der Waals surface area contributed by atoms with Gasteiger partial charge in [0, 0.05) is 11.4 Å². The second kappa shape index (κ2) is 6.46. The van der Waals surface area contributed by atoms with Crippen molar-refractivity contribution in [3.63, 3.8) is 0 Å². The zero-order chi connectivity index (χ0) is 20.0. The maximum Gasteiger partial charge on any atom is 0.261 e. The van der Waals surface area contributed by atoms with E-state index >= 15 is 0 Å². The first kappa shape index (κ1) is 17.4. The third kappa shape index (κ3) is 3.03. The fourth-order valence-corrected chi connectivity index (χ4v) is 4.59. The van der Waals surface area contributed by atoms with Gasteiger partial charge >= 0.3 is 0 Å². The van der Waals surface area contributed by atoms with Crippen LogP contribution < -0.4 is 10.0 Å². The molecule has 2 heterocycles. The molecule has 0 fully saturated rings. The van der Waals surface area contributed by atoms with Gasteiger partial charge in [0.25, 0.3) is 10.0 Å². The van der Waals surface area contributed by atoms with Crippen molar-refractivity contribution in [2.75, 3.05) is 10.0 Å². The van der Waals surface area contributed by atoms with Crippen LogP contribution in [-0.2, 0) is 14.8 Å². The van der Waals surface area contributed by atoms with E-state index in [2.05, 4.69) is 20.0 Å². The number of H-pyrrole nitrogens is 1. The third-order valence-electron chi connectivity index (χ3n) is 4.87. The van der Waals surface area contributed by atoms with Crippen LogP contribution in [-0.4, -0.2) is 24.3 Å². The van der Waals surface area contributed by atoms with Crippen LogP contribution in [0, 0.1) is 0 Å². The zero-order valence-electron chi connectivity index (χ0n) is 15.1. The molecule has 29 heavy (non-hydrogen) atoms. The van der Waals surface area contributed by atoms with E-state index in [0.29, 0.717) is 22.8 Å². The number of hydrogen-bond donors (Lipinski definition) is 3. The average molecular weight is 404 g/mol. The van der Waals surface area contributed by atoms with Crippen molar-refractivity contribution in [2.45, 2.75) is 10.8 Å². The van der Waals surface area contributed by atoms with Gasteiger partial charge in [0.1, 0.15) is 11.7 Å². The number of aromatic amines is 1. The Morgan fingerprint density at radius 2 is 1.69 bits per heavy atom. The molecule has 0 radical (unpaired) electrons. The molecule has 0 saturated carbocycles. The van der Waals surface area contributed by atoms with Crippen molar-refractivity contribution in [3.8, 4) is 0 Å². The number of anilines is 2. The molecule has 3 aromatic carbocycles. The number of hydrogen-bond acceptors (Lipinski definition) is 4.